The SMILES string of the molecule is COc1ccc(COC2CC(C)(C)Cc3nc(C4CCCCC4)c(C=O)c(C4CCC(F)(F)CC4)c32)cc1. The van der Waals surface area contributed by atoms with E-state index >= 15 is 0 Å². The third-order valence-corrected chi connectivity index (χ3v) is 8.97. The minimum absolute atomic E-state index is 0.0199. The van der Waals surface area contributed by atoms with Crippen LogP contribution in [-0.2, 0) is 17.8 Å². The number of aromatic nitrogens is 1. The van der Waals surface area contributed by atoms with Crippen LogP contribution >= 0.6 is 0 Å². The number of carbonyl (C=O) groups excluding carboxylic acids is 1. The number of methoxy groups -OCH3 is 1. The Morgan fingerprint density at radius 2 is 1.66 bits per heavy atom. The van der Waals surface area contributed by atoms with E-state index in [0.29, 0.717) is 25.0 Å². The van der Waals surface area contributed by atoms with Crippen LogP contribution in [-0.4, -0.2) is 24.3 Å². The fourth-order valence-electron chi connectivity index (χ4n) is 6.97. The summed E-state index contributed by atoms with van der Waals surface area (Å²) in [5.74, 6) is -1.63. The first kappa shape index (κ1) is 27.2. The van der Waals surface area contributed by atoms with Gasteiger partial charge in [-0.05, 0) is 73.1 Å². The van der Waals surface area contributed by atoms with Gasteiger partial charge < -0.3 is 9.47 Å². The van der Waals surface area contributed by atoms with E-state index in [4.69, 9.17) is 14.5 Å². The number of nitrogens with zero attached hydrogens (tertiary/aromatic N) is 1. The number of fused-ring (bicyclic) bond motifs is 1. The van der Waals surface area contributed by atoms with Gasteiger partial charge in [0, 0.05) is 35.6 Å². The van der Waals surface area contributed by atoms with Crippen molar-refractivity contribution in [3.8, 4) is 5.75 Å². The molecule has 4 nitrogen and oxygen atoms in total. The Balaban J connectivity index is 1.58. The molecule has 1 aromatic heterocycles. The fourth-order valence-corrected chi connectivity index (χ4v) is 6.97. The Labute approximate surface area is 225 Å². The lowest BCUT2D eigenvalue weighted by Gasteiger charge is -2.41. The van der Waals surface area contributed by atoms with Crippen LogP contribution in [0.5, 0.6) is 5.75 Å². The Hall–Kier alpha value is -2.34. The molecule has 2 saturated carbocycles. The molecule has 38 heavy (non-hydrogen) atoms. The van der Waals surface area contributed by atoms with Gasteiger partial charge in [0.2, 0.25) is 5.92 Å². The number of benzene rings is 1. The summed E-state index contributed by atoms with van der Waals surface area (Å²) >= 11 is 0. The predicted octanol–water partition coefficient (Wildman–Crippen LogP) is 8.47. The smallest absolute Gasteiger partial charge is 0.248 e. The van der Waals surface area contributed by atoms with E-state index in [1.54, 1.807) is 7.11 Å². The van der Waals surface area contributed by atoms with Crippen molar-refractivity contribution in [2.24, 2.45) is 5.41 Å². The molecule has 2 fully saturated rings. The van der Waals surface area contributed by atoms with E-state index in [1.807, 2.05) is 24.3 Å². The molecule has 0 spiro atoms. The third kappa shape index (κ3) is 5.80. The topological polar surface area (TPSA) is 48.4 Å². The van der Waals surface area contributed by atoms with Crippen molar-refractivity contribution in [1.29, 1.82) is 0 Å². The van der Waals surface area contributed by atoms with Gasteiger partial charge in [-0.25, -0.2) is 8.78 Å². The zero-order valence-electron chi connectivity index (χ0n) is 23.0. The van der Waals surface area contributed by atoms with Gasteiger partial charge in [-0.15, -0.1) is 0 Å². The summed E-state index contributed by atoms with van der Waals surface area (Å²) in [6.45, 7) is 4.92. The highest BCUT2D eigenvalue weighted by atomic mass is 19.3. The van der Waals surface area contributed by atoms with E-state index in [2.05, 4.69) is 13.8 Å². The van der Waals surface area contributed by atoms with E-state index in [-0.39, 0.29) is 36.2 Å². The maximum Gasteiger partial charge on any atom is 0.248 e. The van der Waals surface area contributed by atoms with Crippen molar-refractivity contribution in [1.82, 2.24) is 4.98 Å². The molecule has 1 aromatic carbocycles. The van der Waals surface area contributed by atoms with Crippen molar-refractivity contribution >= 4 is 6.29 Å². The predicted molar refractivity (Wildman–Crippen MR) is 144 cm³/mol. The second kappa shape index (κ2) is 11.0. The van der Waals surface area contributed by atoms with Gasteiger partial charge >= 0.3 is 0 Å². The fraction of sp³-hybridized carbons (Fsp3) is 0.625. The minimum atomic E-state index is -2.62. The summed E-state index contributed by atoms with van der Waals surface area (Å²) in [6, 6.07) is 7.85. The van der Waals surface area contributed by atoms with E-state index in [9.17, 15) is 13.6 Å². The van der Waals surface area contributed by atoms with Crippen LogP contribution in [0.3, 0.4) is 0 Å². The van der Waals surface area contributed by atoms with Crippen molar-refractivity contribution in [3.05, 3.63) is 57.9 Å². The van der Waals surface area contributed by atoms with Crippen molar-refractivity contribution < 1.29 is 23.0 Å². The summed E-state index contributed by atoms with van der Waals surface area (Å²) in [6.07, 6.45) is 8.45. The molecule has 0 amide bonds. The molecule has 0 bridgehead atoms. The van der Waals surface area contributed by atoms with Crippen LogP contribution in [0.25, 0.3) is 0 Å². The molecule has 0 N–H and O–H groups in total. The Bertz CT molecular complexity index is 1130. The first-order chi connectivity index (χ1) is 18.2. The molecule has 0 radical (unpaired) electrons. The Kier molecular flexibility index (Phi) is 7.91. The Morgan fingerprint density at radius 1 is 0.974 bits per heavy atom. The highest BCUT2D eigenvalue weighted by Gasteiger charge is 2.42. The van der Waals surface area contributed by atoms with E-state index < -0.39 is 5.92 Å². The molecular weight excluding hydrogens is 484 g/mol. The van der Waals surface area contributed by atoms with Gasteiger partial charge in [0.25, 0.3) is 0 Å². The lowest BCUT2D eigenvalue weighted by atomic mass is 9.69. The molecule has 0 aliphatic heterocycles. The molecule has 6 heteroatoms. The van der Waals surface area contributed by atoms with Crippen molar-refractivity contribution in [2.75, 3.05) is 7.11 Å². The van der Waals surface area contributed by atoms with Crippen LogP contribution in [0.15, 0.2) is 24.3 Å². The summed E-state index contributed by atoms with van der Waals surface area (Å²) in [5, 5.41) is 0. The summed E-state index contributed by atoms with van der Waals surface area (Å²) in [5.41, 5.74) is 5.59. The average Bonchev–Trinajstić information content (AvgIpc) is 2.91. The standard InChI is InChI=1S/C32H41F2NO3/c1-31(2)17-26-29(27(18-31)38-20-21-9-11-24(37-3)12-10-21)28(22-13-15-32(33,34)16-14-22)25(19-36)30(35-26)23-7-5-4-6-8-23/h9-12,19,22-23,27H,4-8,13-18,20H2,1-3H3. The van der Waals surface area contributed by atoms with Gasteiger partial charge in [0.15, 0.2) is 6.29 Å². The summed E-state index contributed by atoms with van der Waals surface area (Å²) in [7, 11) is 1.65. The van der Waals surface area contributed by atoms with Crippen LogP contribution in [0.1, 0.15) is 134 Å². The normalized spacial score (nSPS) is 23.6. The molecule has 206 valence electrons. The van der Waals surface area contributed by atoms with Gasteiger partial charge in [0.05, 0.1) is 25.5 Å². The van der Waals surface area contributed by atoms with E-state index in [0.717, 1.165) is 78.6 Å². The molecule has 1 heterocycles. The largest absolute Gasteiger partial charge is 0.497 e. The van der Waals surface area contributed by atoms with Gasteiger partial charge in [-0.1, -0.05) is 45.2 Å². The highest BCUT2D eigenvalue weighted by molar-refractivity contribution is 5.81. The van der Waals surface area contributed by atoms with Crippen LogP contribution < -0.4 is 4.74 Å². The summed E-state index contributed by atoms with van der Waals surface area (Å²) in [4.78, 5) is 18.0. The maximum atomic E-state index is 14.2. The van der Waals surface area contributed by atoms with Gasteiger partial charge in [-0.3, -0.25) is 9.78 Å². The number of hydrogen-bond acceptors (Lipinski definition) is 4. The van der Waals surface area contributed by atoms with Crippen LogP contribution in [0.4, 0.5) is 8.78 Å². The van der Waals surface area contributed by atoms with Crippen LogP contribution in [0, 0.1) is 5.41 Å². The van der Waals surface area contributed by atoms with Crippen molar-refractivity contribution in [3.63, 3.8) is 0 Å². The Morgan fingerprint density at radius 3 is 2.29 bits per heavy atom. The number of rotatable bonds is 7. The second-order valence-electron chi connectivity index (χ2n) is 12.5. The monoisotopic (exact) mass is 525 g/mol. The first-order valence-electron chi connectivity index (χ1n) is 14.3. The average molecular weight is 526 g/mol. The molecule has 1 unspecified atom stereocenters. The number of ether oxygens (including phenoxy) is 2. The quantitative estimate of drug-likeness (QED) is 0.340. The molecule has 5 rings (SSSR count). The first-order valence-corrected chi connectivity index (χ1v) is 14.3. The molecular formula is C32H41F2NO3. The van der Waals surface area contributed by atoms with Crippen molar-refractivity contribution in [2.45, 2.75) is 115 Å². The molecule has 2 aromatic rings. The number of aldehydes is 1. The number of pyridine rings is 1. The minimum Gasteiger partial charge on any atom is -0.497 e. The lowest BCUT2D eigenvalue weighted by Crippen LogP contribution is -2.32. The summed E-state index contributed by atoms with van der Waals surface area (Å²) < 4.78 is 40.3. The molecule has 1 atom stereocenters. The van der Waals surface area contributed by atoms with E-state index in [1.165, 1.54) is 6.42 Å². The van der Waals surface area contributed by atoms with Gasteiger partial charge in [-0.2, -0.15) is 0 Å². The number of carbonyl (C=O) groups is 1. The second-order valence-corrected chi connectivity index (χ2v) is 12.5. The molecule has 0 saturated heterocycles. The zero-order chi connectivity index (χ0) is 26.9. The zero-order valence-corrected chi connectivity index (χ0v) is 23.0. The third-order valence-electron chi connectivity index (χ3n) is 8.97. The molecule has 3 aliphatic rings. The molecule has 3 aliphatic carbocycles. The highest BCUT2D eigenvalue weighted by Crippen LogP contribution is 2.51. The van der Waals surface area contributed by atoms with Crippen LogP contribution in [0.2, 0.25) is 0 Å². The number of hydrogen-bond donors (Lipinski definition) is 0. The maximum absolute atomic E-state index is 14.2. The number of halogens is 2. The van der Waals surface area contributed by atoms with Gasteiger partial charge in [0.1, 0.15) is 5.75 Å². The lowest BCUT2D eigenvalue weighted by molar-refractivity contribution is -0.0389. The number of alkyl halides is 2.